The Labute approximate surface area is 81.3 Å². The van der Waals surface area contributed by atoms with Crippen LogP contribution in [0.4, 0.5) is 8.78 Å². The van der Waals surface area contributed by atoms with E-state index in [2.05, 4.69) is 0 Å². The molecule has 2 atom stereocenters. The monoisotopic (exact) mass is 201 g/mol. The molecule has 0 aromatic heterocycles. The lowest BCUT2D eigenvalue weighted by molar-refractivity contribution is -0.142. The van der Waals surface area contributed by atoms with E-state index < -0.39 is 17.8 Å². The van der Waals surface area contributed by atoms with Crippen molar-refractivity contribution in [3.63, 3.8) is 0 Å². The summed E-state index contributed by atoms with van der Waals surface area (Å²) in [5.41, 5.74) is 0.364. The van der Waals surface area contributed by atoms with Gasteiger partial charge in [0.1, 0.15) is 5.92 Å². The molecular formula is C10H13F2NO. The zero-order valence-corrected chi connectivity index (χ0v) is 8.09. The van der Waals surface area contributed by atoms with Crippen molar-refractivity contribution in [2.24, 2.45) is 17.3 Å². The summed E-state index contributed by atoms with van der Waals surface area (Å²) in [6.45, 7) is 2.91. The number of likely N-dealkylation sites (tertiary alicyclic amines) is 1. The van der Waals surface area contributed by atoms with Gasteiger partial charge in [-0.2, -0.15) is 0 Å². The van der Waals surface area contributed by atoms with Crippen molar-refractivity contribution in [2.45, 2.75) is 25.7 Å². The minimum atomic E-state index is -2.73. The van der Waals surface area contributed by atoms with Crippen LogP contribution >= 0.6 is 0 Å². The maximum atomic E-state index is 12.9. The fourth-order valence-electron chi connectivity index (χ4n) is 2.47. The minimum Gasteiger partial charge on any atom is -0.341 e. The van der Waals surface area contributed by atoms with Crippen LogP contribution in [-0.4, -0.2) is 29.8 Å². The summed E-state index contributed by atoms with van der Waals surface area (Å²) in [6, 6.07) is 0. The molecule has 1 amide bonds. The van der Waals surface area contributed by atoms with Gasteiger partial charge in [0.2, 0.25) is 5.91 Å². The highest BCUT2D eigenvalue weighted by atomic mass is 19.3. The molecule has 0 aromatic rings. The van der Waals surface area contributed by atoms with Crippen LogP contribution in [0.5, 0.6) is 0 Å². The summed E-state index contributed by atoms with van der Waals surface area (Å²) in [5.74, 6) is -4.81. The molecule has 0 N–H and O–H groups in total. The number of halogens is 2. The fraction of sp³-hybridized carbons (Fsp3) is 0.900. The van der Waals surface area contributed by atoms with Crippen molar-refractivity contribution >= 4 is 5.91 Å². The zero-order valence-electron chi connectivity index (χ0n) is 8.09. The van der Waals surface area contributed by atoms with Gasteiger partial charge in [-0.1, -0.05) is 6.92 Å². The molecule has 2 saturated carbocycles. The summed E-state index contributed by atoms with van der Waals surface area (Å²) in [6.07, 6.45) is 2.35. The SMILES string of the molecule is C[C@@H]1[C@H](C(=O)N2CC3(CC3)C2)C1(F)F. The summed E-state index contributed by atoms with van der Waals surface area (Å²) in [7, 11) is 0. The molecule has 0 bridgehead atoms. The normalized spacial score (nSPS) is 40.6. The van der Waals surface area contributed by atoms with E-state index in [-0.39, 0.29) is 5.91 Å². The first-order valence-corrected chi connectivity index (χ1v) is 5.13. The second-order valence-corrected chi connectivity index (χ2v) is 5.14. The molecule has 1 heterocycles. The van der Waals surface area contributed by atoms with Crippen LogP contribution in [0.3, 0.4) is 0 Å². The summed E-state index contributed by atoms with van der Waals surface area (Å²) in [4.78, 5) is 13.2. The second kappa shape index (κ2) is 2.12. The highest BCUT2D eigenvalue weighted by molar-refractivity contribution is 5.84. The van der Waals surface area contributed by atoms with Crippen molar-refractivity contribution in [1.29, 1.82) is 0 Å². The van der Waals surface area contributed by atoms with Crippen molar-refractivity contribution in [1.82, 2.24) is 4.90 Å². The molecule has 14 heavy (non-hydrogen) atoms. The maximum absolute atomic E-state index is 12.9. The average molecular weight is 201 g/mol. The van der Waals surface area contributed by atoms with Crippen LogP contribution in [0.1, 0.15) is 19.8 Å². The van der Waals surface area contributed by atoms with Crippen molar-refractivity contribution < 1.29 is 13.6 Å². The number of nitrogens with zero attached hydrogens (tertiary/aromatic N) is 1. The number of amides is 1. The molecule has 4 heteroatoms. The van der Waals surface area contributed by atoms with Gasteiger partial charge in [-0.05, 0) is 12.8 Å². The third-order valence-electron chi connectivity index (χ3n) is 4.00. The Morgan fingerprint density at radius 3 is 2.21 bits per heavy atom. The predicted molar refractivity (Wildman–Crippen MR) is 45.8 cm³/mol. The Kier molecular flexibility index (Phi) is 1.31. The van der Waals surface area contributed by atoms with E-state index in [1.54, 1.807) is 4.90 Å². The third kappa shape index (κ3) is 0.916. The van der Waals surface area contributed by atoms with Crippen molar-refractivity contribution in [3.8, 4) is 0 Å². The van der Waals surface area contributed by atoms with Crippen LogP contribution in [0, 0.1) is 17.3 Å². The van der Waals surface area contributed by atoms with Crippen molar-refractivity contribution in [2.75, 3.05) is 13.1 Å². The minimum absolute atomic E-state index is 0.319. The molecular weight excluding hydrogens is 188 g/mol. The second-order valence-electron chi connectivity index (χ2n) is 5.14. The molecule has 0 aromatic carbocycles. The van der Waals surface area contributed by atoms with Crippen LogP contribution < -0.4 is 0 Å². The first-order chi connectivity index (χ1) is 6.46. The Morgan fingerprint density at radius 2 is 1.86 bits per heavy atom. The number of carbonyl (C=O) groups is 1. The lowest BCUT2D eigenvalue weighted by Gasteiger charge is -2.40. The van der Waals surface area contributed by atoms with E-state index >= 15 is 0 Å². The third-order valence-corrected chi connectivity index (χ3v) is 4.00. The number of alkyl halides is 2. The van der Waals surface area contributed by atoms with E-state index in [1.165, 1.54) is 19.8 Å². The summed E-state index contributed by atoms with van der Waals surface area (Å²) in [5, 5.41) is 0. The van der Waals surface area contributed by atoms with Gasteiger partial charge >= 0.3 is 0 Å². The lowest BCUT2D eigenvalue weighted by atomic mass is 9.96. The highest BCUT2D eigenvalue weighted by Gasteiger charge is 2.71. The van der Waals surface area contributed by atoms with Gasteiger partial charge in [-0.25, -0.2) is 8.78 Å². The Hall–Kier alpha value is -0.670. The molecule has 0 radical (unpaired) electrons. The van der Waals surface area contributed by atoms with Gasteiger partial charge in [0, 0.05) is 24.4 Å². The van der Waals surface area contributed by atoms with Gasteiger partial charge in [-0.3, -0.25) is 4.79 Å². The Balaban J connectivity index is 1.62. The standard InChI is InChI=1S/C10H13F2NO/c1-6-7(10(6,11)12)8(14)13-4-9(5-13)2-3-9/h6-7H,2-5H2,1H3/t6-,7-/m1/s1. The molecule has 2 aliphatic carbocycles. The Morgan fingerprint density at radius 1 is 1.36 bits per heavy atom. The zero-order chi connectivity index (χ0) is 10.1. The molecule has 1 saturated heterocycles. The van der Waals surface area contributed by atoms with E-state index in [0.717, 1.165) is 13.1 Å². The molecule has 3 aliphatic rings. The first kappa shape index (κ1) is 8.62. The summed E-state index contributed by atoms with van der Waals surface area (Å²) < 4.78 is 25.8. The molecule has 0 unspecified atom stereocenters. The van der Waals surface area contributed by atoms with Crippen LogP contribution in [-0.2, 0) is 4.79 Å². The van der Waals surface area contributed by atoms with Gasteiger partial charge in [0.25, 0.3) is 5.92 Å². The number of hydrogen-bond acceptors (Lipinski definition) is 1. The lowest BCUT2D eigenvalue weighted by Crippen LogP contribution is -2.52. The molecule has 1 spiro atoms. The van der Waals surface area contributed by atoms with Gasteiger partial charge < -0.3 is 4.90 Å². The van der Waals surface area contributed by atoms with Gasteiger partial charge in [-0.15, -0.1) is 0 Å². The van der Waals surface area contributed by atoms with Gasteiger partial charge in [0.15, 0.2) is 0 Å². The smallest absolute Gasteiger partial charge is 0.263 e. The molecule has 3 fully saturated rings. The van der Waals surface area contributed by atoms with Gasteiger partial charge in [0.05, 0.1) is 0 Å². The molecule has 3 rings (SSSR count). The van der Waals surface area contributed by atoms with E-state index in [9.17, 15) is 13.6 Å². The first-order valence-electron chi connectivity index (χ1n) is 5.13. The topological polar surface area (TPSA) is 20.3 Å². The maximum Gasteiger partial charge on any atom is 0.263 e. The van der Waals surface area contributed by atoms with Crippen molar-refractivity contribution in [3.05, 3.63) is 0 Å². The number of hydrogen-bond donors (Lipinski definition) is 0. The van der Waals surface area contributed by atoms with E-state index in [1.807, 2.05) is 0 Å². The number of carbonyl (C=O) groups excluding carboxylic acids is 1. The quantitative estimate of drug-likeness (QED) is 0.629. The van der Waals surface area contributed by atoms with Crippen LogP contribution in [0.15, 0.2) is 0 Å². The Bertz CT molecular complexity index is 303. The highest BCUT2D eigenvalue weighted by Crippen LogP contribution is 2.59. The average Bonchev–Trinajstić information content (AvgIpc) is 2.87. The van der Waals surface area contributed by atoms with Crippen LogP contribution in [0.2, 0.25) is 0 Å². The van der Waals surface area contributed by atoms with E-state index in [4.69, 9.17) is 0 Å². The largest absolute Gasteiger partial charge is 0.341 e. The molecule has 1 aliphatic heterocycles. The van der Waals surface area contributed by atoms with Crippen LogP contribution in [0.25, 0.3) is 0 Å². The van der Waals surface area contributed by atoms with E-state index in [0.29, 0.717) is 5.41 Å². The fourth-order valence-corrected chi connectivity index (χ4v) is 2.47. The number of rotatable bonds is 1. The molecule has 2 nitrogen and oxygen atoms in total. The summed E-state index contributed by atoms with van der Waals surface area (Å²) >= 11 is 0. The predicted octanol–water partition coefficient (Wildman–Crippen LogP) is 1.51. The molecule has 78 valence electrons.